The Kier molecular flexibility index (Phi) is 1.85. The normalized spacial score (nSPS) is 23.6. The van der Waals surface area contributed by atoms with Crippen LogP contribution in [0.15, 0.2) is 10.5 Å². The van der Waals surface area contributed by atoms with Gasteiger partial charge in [0.2, 0.25) is 0 Å². The molecule has 0 amide bonds. The first-order valence-electron chi connectivity index (χ1n) is 5.03. The molecule has 0 bridgehead atoms. The summed E-state index contributed by atoms with van der Waals surface area (Å²) in [6, 6.07) is 1.85. The molecule has 2 heteroatoms. The van der Waals surface area contributed by atoms with Crippen LogP contribution in [0.1, 0.15) is 42.1 Å². The number of carbonyl (C=O) groups excluding carboxylic acids is 1. The van der Waals surface area contributed by atoms with Gasteiger partial charge in [-0.3, -0.25) is 4.79 Å². The molecule has 1 heterocycles. The number of hydrogen-bond donors (Lipinski definition) is 0. The van der Waals surface area contributed by atoms with Crippen molar-refractivity contribution in [2.45, 2.75) is 34.1 Å². The van der Waals surface area contributed by atoms with Crippen molar-refractivity contribution in [3.05, 3.63) is 23.2 Å². The first-order chi connectivity index (χ1) is 6.42. The minimum atomic E-state index is 0.203. The highest BCUT2D eigenvalue weighted by Crippen LogP contribution is 2.53. The van der Waals surface area contributed by atoms with E-state index in [1.165, 1.54) is 0 Å². The lowest BCUT2D eigenvalue weighted by molar-refractivity contribution is 0.0952. The van der Waals surface area contributed by atoms with Gasteiger partial charge in [0.05, 0.1) is 5.56 Å². The lowest BCUT2D eigenvalue weighted by Crippen LogP contribution is -2.06. The van der Waals surface area contributed by atoms with Crippen LogP contribution in [0.25, 0.3) is 0 Å². The fraction of sp³-hybridized carbons (Fsp3) is 0.583. The minimum absolute atomic E-state index is 0.203. The summed E-state index contributed by atoms with van der Waals surface area (Å²) in [4.78, 5) is 12.0. The van der Waals surface area contributed by atoms with E-state index in [2.05, 4.69) is 13.8 Å². The van der Waals surface area contributed by atoms with Crippen LogP contribution in [0.3, 0.4) is 0 Å². The maximum absolute atomic E-state index is 12.0. The predicted molar refractivity (Wildman–Crippen MR) is 54.4 cm³/mol. The molecule has 1 saturated carbocycles. The Balaban J connectivity index is 2.25. The fourth-order valence-corrected chi connectivity index (χ4v) is 1.98. The summed E-state index contributed by atoms with van der Waals surface area (Å²) >= 11 is 0. The summed E-state index contributed by atoms with van der Waals surface area (Å²) < 4.78 is 5.36. The van der Waals surface area contributed by atoms with E-state index in [9.17, 15) is 4.79 Å². The van der Waals surface area contributed by atoms with Gasteiger partial charge in [-0.25, -0.2) is 0 Å². The van der Waals surface area contributed by atoms with Crippen LogP contribution in [0.5, 0.6) is 0 Å². The van der Waals surface area contributed by atoms with Crippen molar-refractivity contribution >= 4 is 5.78 Å². The molecule has 1 aromatic heterocycles. The van der Waals surface area contributed by atoms with E-state index in [-0.39, 0.29) is 17.1 Å². The van der Waals surface area contributed by atoms with Gasteiger partial charge in [0, 0.05) is 5.92 Å². The lowest BCUT2D eigenvalue weighted by Gasteiger charge is -2.00. The Hall–Kier alpha value is -1.05. The van der Waals surface area contributed by atoms with Gasteiger partial charge >= 0.3 is 0 Å². The van der Waals surface area contributed by atoms with Crippen molar-refractivity contribution in [3.8, 4) is 0 Å². The van der Waals surface area contributed by atoms with Crippen LogP contribution in [0, 0.1) is 25.2 Å². The Morgan fingerprint density at radius 1 is 1.50 bits per heavy atom. The molecule has 1 aromatic rings. The average molecular weight is 192 g/mol. The molecule has 14 heavy (non-hydrogen) atoms. The summed E-state index contributed by atoms with van der Waals surface area (Å²) in [5, 5.41) is 0. The van der Waals surface area contributed by atoms with Crippen molar-refractivity contribution in [1.29, 1.82) is 0 Å². The number of aryl methyl sites for hydroxylation is 2. The second-order valence-electron chi connectivity index (χ2n) is 4.94. The third kappa shape index (κ3) is 1.39. The molecule has 2 nitrogen and oxygen atoms in total. The van der Waals surface area contributed by atoms with Gasteiger partial charge in [-0.1, -0.05) is 13.8 Å². The zero-order chi connectivity index (χ0) is 10.5. The second-order valence-corrected chi connectivity index (χ2v) is 4.94. The third-order valence-corrected chi connectivity index (χ3v) is 3.14. The molecule has 0 aromatic carbocycles. The number of hydrogen-bond acceptors (Lipinski definition) is 2. The van der Waals surface area contributed by atoms with E-state index in [1.54, 1.807) is 0 Å². The first-order valence-corrected chi connectivity index (χ1v) is 5.03. The zero-order valence-corrected chi connectivity index (χ0v) is 9.18. The monoisotopic (exact) mass is 192 g/mol. The maximum atomic E-state index is 12.0. The number of ketones is 1. The molecule has 0 radical (unpaired) electrons. The maximum Gasteiger partial charge on any atom is 0.170 e. The average Bonchev–Trinajstić information content (AvgIpc) is 2.55. The molecule has 1 atom stereocenters. The Labute approximate surface area is 84.3 Å². The van der Waals surface area contributed by atoms with E-state index in [4.69, 9.17) is 4.42 Å². The molecule has 1 aliphatic carbocycles. The summed E-state index contributed by atoms with van der Waals surface area (Å²) in [6.07, 6.45) is 1.01. The number of rotatable bonds is 2. The highest BCUT2D eigenvalue weighted by Gasteiger charge is 2.51. The number of carbonyl (C=O) groups is 1. The van der Waals surface area contributed by atoms with E-state index in [1.807, 2.05) is 19.9 Å². The van der Waals surface area contributed by atoms with Crippen molar-refractivity contribution in [2.24, 2.45) is 11.3 Å². The van der Waals surface area contributed by atoms with Crippen molar-refractivity contribution < 1.29 is 9.21 Å². The van der Waals surface area contributed by atoms with Gasteiger partial charge < -0.3 is 4.42 Å². The summed E-state index contributed by atoms with van der Waals surface area (Å²) in [5.41, 5.74) is 0.979. The van der Waals surface area contributed by atoms with Crippen LogP contribution in [0.2, 0.25) is 0 Å². The van der Waals surface area contributed by atoms with Crippen LogP contribution in [0.4, 0.5) is 0 Å². The topological polar surface area (TPSA) is 30.2 Å². The molecule has 0 N–H and O–H groups in total. The first kappa shape index (κ1) is 9.50. The SMILES string of the molecule is Cc1cc(C(=O)C2CC2(C)C)c(C)o1. The quantitative estimate of drug-likeness (QED) is 0.674. The predicted octanol–water partition coefficient (Wildman–Crippen LogP) is 3.13. The second kappa shape index (κ2) is 2.72. The smallest absolute Gasteiger partial charge is 0.170 e. The van der Waals surface area contributed by atoms with Crippen molar-refractivity contribution in [1.82, 2.24) is 0 Å². The molecule has 0 aliphatic heterocycles. The van der Waals surface area contributed by atoms with Crippen LogP contribution >= 0.6 is 0 Å². The molecule has 0 spiro atoms. The Morgan fingerprint density at radius 3 is 2.43 bits per heavy atom. The molecule has 1 aliphatic rings. The Bertz CT molecular complexity index is 385. The molecular formula is C12H16O2. The van der Waals surface area contributed by atoms with Crippen LogP contribution in [-0.4, -0.2) is 5.78 Å². The summed E-state index contributed by atoms with van der Waals surface area (Å²) in [5.74, 6) is 2.04. The van der Waals surface area contributed by atoms with Crippen LogP contribution < -0.4 is 0 Å². The number of furan rings is 1. The lowest BCUT2D eigenvalue weighted by atomic mass is 10.0. The van der Waals surface area contributed by atoms with Crippen LogP contribution in [-0.2, 0) is 0 Å². The highest BCUT2D eigenvalue weighted by molar-refractivity contribution is 6.01. The highest BCUT2D eigenvalue weighted by atomic mass is 16.3. The third-order valence-electron chi connectivity index (χ3n) is 3.14. The molecule has 1 fully saturated rings. The molecule has 0 saturated heterocycles. The van der Waals surface area contributed by atoms with Gasteiger partial charge in [0.15, 0.2) is 5.78 Å². The zero-order valence-electron chi connectivity index (χ0n) is 9.18. The summed E-state index contributed by atoms with van der Waals surface area (Å²) in [6.45, 7) is 8.01. The van der Waals surface area contributed by atoms with E-state index in [0.717, 1.165) is 23.5 Å². The molecule has 1 unspecified atom stereocenters. The van der Waals surface area contributed by atoms with E-state index >= 15 is 0 Å². The number of Topliss-reactive ketones (excluding diaryl/α,β-unsaturated/α-hetero) is 1. The van der Waals surface area contributed by atoms with Gasteiger partial charge in [-0.05, 0) is 31.7 Å². The fourth-order valence-electron chi connectivity index (χ4n) is 1.98. The van der Waals surface area contributed by atoms with Gasteiger partial charge in [-0.2, -0.15) is 0 Å². The van der Waals surface area contributed by atoms with E-state index in [0.29, 0.717) is 0 Å². The minimum Gasteiger partial charge on any atom is -0.466 e. The van der Waals surface area contributed by atoms with Gasteiger partial charge in [-0.15, -0.1) is 0 Å². The van der Waals surface area contributed by atoms with Gasteiger partial charge in [0.1, 0.15) is 11.5 Å². The molecule has 76 valence electrons. The molecule has 2 rings (SSSR count). The molecular weight excluding hydrogens is 176 g/mol. The van der Waals surface area contributed by atoms with Crippen molar-refractivity contribution in [3.63, 3.8) is 0 Å². The van der Waals surface area contributed by atoms with Crippen molar-refractivity contribution in [2.75, 3.05) is 0 Å². The van der Waals surface area contributed by atoms with Gasteiger partial charge in [0.25, 0.3) is 0 Å². The standard InChI is InChI=1S/C12H16O2/c1-7-5-9(8(2)14-7)11(13)10-6-12(10,3)4/h5,10H,6H2,1-4H3. The summed E-state index contributed by atoms with van der Waals surface area (Å²) in [7, 11) is 0. The van der Waals surface area contributed by atoms with E-state index < -0.39 is 0 Å². The Morgan fingerprint density at radius 2 is 2.07 bits per heavy atom. The largest absolute Gasteiger partial charge is 0.466 e.